The summed E-state index contributed by atoms with van der Waals surface area (Å²) in [5.41, 5.74) is 4.50. The van der Waals surface area contributed by atoms with E-state index in [9.17, 15) is 0 Å². The zero-order chi connectivity index (χ0) is 19.2. The molecule has 3 rings (SSSR count). The average Bonchev–Trinajstić information content (AvgIpc) is 2.83. The maximum Gasteiger partial charge on any atom is 0.191 e. The fourth-order valence-corrected chi connectivity index (χ4v) is 3.06. The predicted molar refractivity (Wildman–Crippen MR) is 106 cm³/mol. The van der Waals surface area contributed by atoms with Gasteiger partial charge in [0.15, 0.2) is 17.5 Å². The van der Waals surface area contributed by atoms with Crippen molar-refractivity contribution in [2.75, 3.05) is 19.8 Å². The normalized spacial score (nSPS) is 14.0. The smallest absolute Gasteiger partial charge is 0.191 e. The molecule has 0 saturated heterocycles. The topological polar surface area (TPSA) is 72.7 Å². The molecule has 1 aliphatic heterocycles. The second-order valence-electron chi connectivity index (χ2n) is 6.65. The Balaban J connectivity index is 1.67. The second-order valence-corrected chi connectivity index (χ2v) is 6.65. The monoisotopic (exact) mass is 371 g/mol. The molecule has 1 aromatic carbocycles. The minimum absolute atomic E-state index is 0.566. The van der Waals surface area contributed by atoms with E-state index in [1.165, 1.54) is 11.3 Å². The molecule has 0 atom stereocenters. The number of hydrogen-bond acceptors (Lipinski definition) is 4. The van der Waals surface area contributed by atoms with Crippen molar-refractivity contribution in [3.05, 3.63) is 40.7 Å². The number of benzene rings is 1. The lowest BCUT2D eigenvalue weighted by molar-refractivity contribution is 0.297. The van der Waals surface area contributed by atoms with Gasteiger partial charge in [0.25, 0.3) is 0 Å². The van der Waals surface area contributed by atoms with Crippen LogP contribution in [-0.2, 0) is 20.1 Å². The van der Waals surface area contributed by atoms with Crippen molar-refractivity contribution in [3.8, 4) is 11.5 Å². The average molecular weight is 371 g/mol. The van der Waals surface area contributed by atoms with Gasteiger partial charge in [0.2, 0.25) is 0 Å². The Hall–Kier alpha value is -2.70. The van der Waals surface area contributed by atoms with Gasteiger partial charge in [0.1, 0.15) is 0 Å². The summed E-state index contributed by atoms with van der Waals surface area (Å²) in [6, 6.07) is 6.02. The summed E-state index contributed by atoms with van der Waals surface area (Å²) >= 11 is 0. The fraction of sp³-hybridized carbons (Fsp3) is 0.500. The maximum absolute atomic E-state index is 5.76. The molecule has 7 nitrogen and oxygen atoms in total. The maximum atomic E-state index is 5.76. The second kappa shape index (κ2) is 8.79. The number of nitrogens with zero attached hydrogens (tertiary/aromatic N) is 3. The lowest BCUT2D eigenvalue weighted by Gasteiger charge is -2.12. The van der Waals surface area contributed by atoms with Gasteiger partial charge in [-0.1, -0.05) is 6.07 Å². The Bertz CT molecular complexity index is 813. The van der Waals surface area contributed by atoms with Crippen LogP contribution < -0.4 is 20.1 Å². The summed E-state index contributed by atoms with van der Waals surface area (Å²) in [7, 11) is 1.97. The van der Waals surface area contributed by atoms with E-state index in [1.54, 1.807) is 0 Å². The first-order valence-electron chi connectivity index (χ1n) is 9.48. The molecule has 1 aliphatic rings. The number of aryl methyl sites for hydroxylation is 2. The highest BCUT2D eigenvalue weighted by atomic mass is 16.5. The van der Waals surface area contributed by atoms with Crippen LogP contribution in [0.25, 0.3) is 0 Å². The van der Waals surface area contributed by atoms with Crippen molar-refractivity contribution in [1.82, 2.24) is 20.4 Å². The van der Waals surface area contributed by atoms with E-state index in [2.05, 4.69) is 29.6 Å². The van der Waals surface area contributed by atoms with Gasteiger partial charge in [-0.15, -0.1) is 0 Å². The highest BCUT2D eigenvalue weighted by Gasteiger charge is 2.12. The number of hydrogen-bond donors (Lipinski definition) is 2. The van der Waals surface area contributed by atoms with E-state index in [-0.39, 0.29) is 0 Å². The van der Waals surface area contributed by atoms with E-state index in [0.717, 1.165) is 41.7 Å². The molecule has 0 aliphatic carbocycles. The molecular weight excluding hydrogens is 342 g/mol. The molecule has 1 aromatic heterocycles. The Morgan fingerprint density at radius 1 is 1.19 bits per heavy atom. The molecule has 7 heteroatoms. The summed E-state index contributed by atoms with van der Waals surface area (Å²) in [5, 5.41) is 11.2. The van der Waals surface area contributed by atoms with Crippen molar-refractivity contribution >= 4 is 5.96 Å². The molecule has 2 N–H and O–H groups in total. The van der Waals surface area contributed by atoms with Crippen LogP contribution in [-0.4, -0.2) is 35.5 Å². The van der Waals surface area contributed by atoms with Gasteiger partial charge in [-0.3, -0.25) is 4.68 Å². The molecule has 0 radical (unpaired) electrons. The Labute approximate surface area is 160 Å². The molecule has 2 aromatic rings. The molecule has 0 fully saturated rings. The van der Waals surface area contributed by atoms with Crippen LogP contribution in [0.15, 0.2) is 23.2 Å². The molecule has 0 saturated carbocycles. The van der Waals surface area contributed by atoms with Crippen LogP contribution in [0.3, 0.4) is 0 Å². The van der Waals surface area contributed by atoms with E-state index in [0.29, 0.717) is 26.3 Å². The van der Waals surface area contributed by atoms with Crippen molar-refractivity contribution < 1.29 is 9.47 Å². The molecule has 146 valence electrons. The van der Waals surface area contributed by atoms with E-state index in [1.807, 2.05) is 36.9 Å². The lowest BCUT2D eigenvalue weighted by Crippen LogP contribution is -2.37. The third-order valence-electron chi connectivity index (χ3n) is 4.67. The zero-order valence-electron chi connectivity index (χ0n) is 16.6. The van der Waals surface area contributed by atoms with Crippen molar-refractivity contribution in [1.29, 1.82) is 0 Å². The minimum Gasteiger partial charge on any atom is -0.490 e. The van der Waals surface area contributed by atoms with Crippen LogP contribution >= 0.6 is 0 Å². The van der Waals surface area contributed by atoms with E-state index < -0.39 is 0 Å². The quantitative estimate of drug-likeness (QED) is 0.624. The van der Waals surface area contributed by atoms with Crippen molar-refractivity contribution in [2.45, 2.75) is 40.3 Å². The molecular formula is C20H29N5O2. The summed E-state index contributed by atoms with van der Waals surface area (Å²) in [5.74, 6) is 2.40. The van der Waals surface area contributed by atoms with Gasteiger partial charge >= 0.3 is 0 Å². The molecule has 0 bridgehead atoms. The van der Waals surface area contributed by atoms with Gasteiger partial charge in [-0.25, -0.2) is 4.99 Å². The van der Waals surface area contributed by atoms with Crippen LogP contribution in [0.4, 0.5) is 0 Å². The third kappa shape index (κ3) is 4.72. The molecule has 0 unspecified atom stereocenters. The van der Waals surface area contributed by atoms with E-state index in [4.69, 9.17) is 14.5 Å². The number of rotatable bonds is 5. The molecule has 0 amide bonds. The first-order valence-corrected chi connectivity index (χ1v) is 9.48. The highest BCUT2D eigenvalue weighted by Crippen LogP contribution is 2.30. The lowest BCUT2D eigenvalue weighted by atomic mass is 10.2. The van der Waals surface area contributed by atoms with Gasteiger partial charge < -0.3 is 20.1 Å². The first kappa shape index (κ1) is 19.1. The fourth-order valence-electron chi connectivity index (χ4n) is 3.06. The number of aromatic nitrogens is 2. The summed E-state index contributed by atoms with van der Waals surface area (Å²) in [4.78, 5) is 4.71. The summed E-state index contributed by atoms with van der Waals surface area (Å²) in [6.07, 6.45) is 0.907. The Morgan fingerprint density at radius 3 is 2.67 bits per heavy atom. The number of aliphatic imine (C=N–C) groups is 1. The third-order valence-corrected chi connectivity index (χ3v) is 4.67. The Kier molecular flexibility index (Phi) is 6.21. The van der Waals surface area contributed by atoms with Gasteiger partial charge in [0.05, 0.1) is 25.5 Å². The predicted octanol–water partition coefficient (Wildman–Crippen LogP) is 2.45. The molecule has 2 heterocycles. The molecule has 27 heavy (non-hydrogen) atoms. The number of nitrogens with one attached hydrogen (secondary N) is 2. The highest BCUT2D eigenvalue weighted by molar-refractivity contribution is 5.79. The number of fused-ring (bicyclic) bond motifs is 1. The van der Waals surface area contributed by atoms with Crippen LogP contribution in [0, 0.1) is 13.8 Å². The minimum atomic E-state index is 0.566. The SMILES string of the molecule is CCNC(=NCc1ccc2c(c1)OCCCO2)NCc1c(C)nn(C)c1C. The zero-order valence-corrected chi connectivity index (χ0v) is 16.6. The van der Waals surface area contributed by atoms with Crippen LogP contribution in [0.2, 0.25) is 0 Å². The Morgan fingerprint density at radius 2 is 1.96 bits per heavy atom. The first-order chi connectivity index (χ1) is 13.1. The van der Waals surface area contributed by atoms with Crippen molar-refractivity contribution in [2.24, 2.45) is 12.0 Å². The van der Waals surface area contributed by atoms with Gasteiger partial charge in [-0.2, -0.15) is 5.10 Å². The number of guanidine groups is 1. The van der Waals surface area contributed by atoms with Crippen LogP contribution in [0.1, 0.15) is 35.9 Å². The largest absolute Gasteiger partial charge is 0.490 e. The van der Waals surface area contributed by atoms with Crippen LogP contribution in [0.5, 0.6) is 11.5 Å². The molecule has 0 spiro atoms. The summed E-state index contributed by atoms with van der Waals surface area (Å²) in [6.45, 7) is 9.63. The van der Waals surface area contributed by atoms with E-state index >= 15 is 0 Å². The van der Waals surface area contributed by atoms with Gasteiger partial charge in [-0.05, 0) is 38.5 Å². The van der Waals surface area contributed by atoms with Crippen molar-refractivity contribution in [3.63, 3.8) is 0 Å². The number of ether oxygens (including phenoxy) is 2. The standard InChI is InChI=1S/C20H29N5O2/c1-5-21-20(23-13-17-14(2)24-25(4)15(17)3)22-12-16-7-8-18-19(11-16)27-10-6-9-26-18/h7-8,11H,5-6,9-10,12-13H2,1-4H3,(H2,21,22,23). The summed E-state index contributed by atoms with van der Waals surface area (Å²) < 4.78 is 13.4. The van der Waals surface area contributed by atoms with Gasteiger partial charge in [0, 0.05) is 37.8 Å².